The number of thiazole rings is 1. The number of carbonyl (C=O) groups excluding carboxylic acids is 1. The molecule has 0 saturated carbocycles. The molecule has 3 N–H and O–H groups in total. The van der Waals surface area contributed by atoms with Crippen LogP contribution in [0.2, 0.25) is 0 Å². The van der Waals surface area contributed by atoms with Crippen molar-refractivity contribution < 1.29 is 9.53 Å². The summed E-state index contributed by atoms with van der Waals surface area (Å²) >= 11 is 1.42. The van der Waals surface area contributed by atoms with Crippen LogP contribution in [-0.4, -0.2) is 24.5 Å². The number of nitrogens with two attached hydrogens (primary N) is 1. The summed E-state index contributed by atoms with van der Waals surface area (Å²) in [6, 6.07) is 7.71. The Morgan fingerprint density at radius 3 is 2.83 bits per heavy atom. The maximum Gasteiger partial charge on any atom is 0.226 e. The molecule has 2 rings (SSSR count). The Balaban J connectivity index is 1.88. The SMILES string of the molecule is COc1ccccc1-c1csc(NC(=O)CCCCCCN)n1. The van der Waals surface area contributed by atoms with E-state index in [0.29, 0.717) is 11.6 Å². The fourth-order valence-electron chi connectivity index (χ4n) is 2.28. The van der Waals surface area contributed by atoms with Gasteiger partial charge in [-0.25, -0.2) is 4.98 Å². The highest BCUT2D eigenvalue weighted by atomic mass is 32.1. The lowest BCUT2D eigenvalue weighted by Gasteiger charge is -2.05. The van der Waals surface area contributed by atoms with Crippen molar-refractivity contribution in [3.63, 3.8) is 0 Å². The second-order valence-electron chi connectivity index (χ2n) is 5.24. The highest BCUT2D eigenvalue weighted by Crippen LogP contribution is 2.31. The van der Waals surface area contributed by atoms with Gasteiger partial charge in [-0.2, -0.15) is 0 Å². The van der Waals surface area contributed by atoms with Crippen LogP contribution in [-0.2, 0) is 4.79 Å². The number of anilines is 1. The third-order valence-electron chi connectivity index (χ3n) is 3.49. The Morgan fingerprint density at radius 2 is 2.04 bits per heavy atom. The zero-order valence-corrected chi connectivity index (χ0v) is 14.2. The molecule has 124 valence electrons. The molecule has 6 heteroatoms. The number of carbonyl (C=O) groups is 1. The molecule has 23 heavy (non-hydrogen) atoms. The van der Waals surface area contributed by atoms with Gasteiger partial charge in [0.1, 0.15) is 5.75 Å². The molecule has 2 aromatic rings. The van der Waals surface area contributed by atoms with Gasteiger partial charge in [0, 0.05) is 17.4 Å². The molecule has 0 aliphatic carbocycles. The van der Waals surface area contributed by atoms with Crippen molar-refractivity contribution in [1.29, 1.82) is 0 Å². The van der Waals surface area contributed by atoms with Gasteiger partial charge < -0.3 is 15.8 Å². The molecule has 0 saturated heterocycles. The predicted octanol–water partition coefficient (Wildman–Crippen LogP) is 3.67. The number of para-hydroxylation sites is 1. The van der Waals surface area contributed by atoms with Gasteiger partial charge in [-0.3, -0.25) is 4.79 Å². The Kier molecular flexibility index (Phi) is 7.03. The van der Waals surface area contributed by atoms with Gasteiger partial charge in [-0.15, -0.1) is 11.3 Å². The number of benzene rings is 1. The normalized spacial score (nSPS) is 10.5. The Hall–Kier alpha value is -1.92. The number of aromatic nitrogens is 1. The molecule has 0 spiro atoms. The third kappa shape index (κ3) is 5.33. The molecule has 0 fully saturated rings. The second kappa shape index (κ2) is 9.27. The summed E-state index contributed by atoms with van der Waals surface area (Å²) in [7, 11) is 1.64. The van der Waals surface area contributed by atoms with E-state index < -0.39 is 0 Å². The summed E-state index contributed by atoms with van der Waals surface area (Å²) in [5, 5.41) is 5.41. The summed E-state index contributed by atoms with van der Waals surface area (Å²) in [5.41, 5.74) is 7.18. The Morgan fingerprint density at radius 1 is 1.26 bits per heavy atom. The first kappa shape index (κ1) is 17.4. The molecule has 1 heterocycles. The number of hydrogen-bond acceptors (Lipinski definition) is 5. The maximum absolute atomic E-state index is 11.9. The first-order chi connectivity index (χ1) is 11.2. The minimum Gasteiger partial charge on any atom is -0.496 e. The molecule has 0 aliphatic heterocycles. The van der Waals surface area contributed by atoms with Crippen molar-refractivity contribution in [3.8, 4) is 17.0 Å². The molecule has 0 radical (unpaired) electrons. The summed E-state index contributed by atoms with van der Waals surface area (Å²) in [4.78, 5) is 16.4. The molecule has 0 aliphatic rings. The van der Waals surface area contributed by atoms with E-state index in [1.807, 2.05) is 29.6 Å². The van der Waals surface area contributed by atoms with Crippen LogP contribution in [0.3, 0.4) is 0 Å². The van der Waals surface area contributed by atoms with Gasteiger partial charge in [-0.05, 0) is 31.5 Å². The standard InChI is InChI=1S/C17H23N3O2S/c1-22-15-9-6-5-8-13(15)14-12-23-17(19-14)20-16(21)10-4-2-3-7-11-18/h5-6,8-9,12H,2-4,7,10-11,18H2,1H3,(H,19,20,21). The van der Waals surface area contributed by atoms with Crippen molar-refractivity contribution in [3.05, 3.63) is 29.6 Å². The van der Waals surface area contributed by atoms with Gasteiger partial charge in [0.25, 0.3) is 0 Å². The topological polar surface area (TPSA) is 77.2 Å². The largest absolute Gasteiger partial charge is 0.496 e. The fourth-order valence-corrected chi connectivity index (χ4v) is 3.00. The minimum atomic E-state index is 0.0127. The van der Waals surface area contributed by atoms with E-state index >= 15 is 0 Å². The molecule has 1 amide bonds. The first-order valence-corrected chi connectivity index (χ1v) is 8.71. The monoisotopic (exact) mass is 333 g/mol. The van der Waals surface area contributed by atoms with Gasteiger partial charge in [0.05, 0.1) is 12.8 Å². The fraction of sp³-hybridized carbons (Fsp3) is 0.412. The average molecular weight is 333 g/mol. The first-order valence-electron chi connectivity index (χ1n) is 7.83. The van der Waals surface area contributed by atoms with E-state index in [0.717, 1.165) is 49.2 Å². The van der Waals surface area contributed by atoms with Crippen LogP contribution in [0.5, 0.6) is 5.75 Å². The van der Waals surface area contributed by atoms with Crippen molar-refractivity contribution in [1.82, 2.24) is 4.98 Å². The zero-order valence-electron chi connectivity index (χ0n) is 13.4. The number of rotatable bonds is 9. The molecule has 0 bridgehead atoms. The summed E-state index contributed by atoms with van der Waals surface area (Å²) < 4.78 is 5.34. The lowest BCUT2D eigenvalue weighted by molar-refractivity contribution is -0.116. The van der Waals surface area contributed by atoms with Crippen LogP contribution in [0.15, 0.2) is 29.6 Å². The number of nitrogens with one attached hydrogen (secondary N) is 1. The van der Waals surface area contributed by atoms with E-state index in [2.05, 4.69) is 10.3 Å². The third-order valence-corrected chi connectivity index (χ3v) is 4.25. The number of unbranched alkanes of at least 4 members (excludes halogenated alkanes) is 3. The van der Waals surface area contributed by atoms with Crippen molar-refractivity contribution in [2.45, 2.75) is 32.1 Å². The number of amides is 1. The highest BCUT2D eigenvalue weighted by Gasteiger charge is 2.11. The van der Waals surface area contributed by atoms with Gasteiger partial charge >= 0.3 is 0 Å². The van der Waals surface area contributed by atoms with Crippen molar-refractivity contribution >= 4 is 22.4 Å². The Labute approximate surface area is 140 Å². The molecule has 1 aromatic heterocycles. The van der Waals surface area contributed by atoms with Crippen LogP contribution in [0.25, 0.3) is 11.3 Å². The van der Waals surface area contributed by atoms with Crippen LogP contribution >= 0.6 is 11.3 Å². The number of nitrogens with zero attached hydrogens (tertiary/aromatic N) is 1. The van der Waals surface area contributed by atoms with E-state index in [1.165, 1.54) is 11.3 Å². The molecular formula is C17H23N3O2S. The van der Waals surface area contributed by atoms with Gasteiger partial charge in [-0.1, -0.05) is 25.0 Å². The maximum atomic E-state index is 11.9. The van der Waals surface area contributed by atoms with Crippen LogP contribution in [0.1, 0.15) is 32.1 Å². The summed E-state index contributed by atoms with van der Waals surface area (Å²) in [5.74, 6) is 0.786. The van der Waals surface area contributed by atoms with Crippen molar-refractivity contribution in [2.75, 3.05) is 19.0 Å². The quantitative estimate of drug-likeness (QED) is 0.686. The van der Waals surface area contributed by atoms with E-state index in [4.69, 9.17) is 10.5 Å². The number of methoxy groups -OCH3 is 1. The summed E-state index contributed by atoms with van der Waals surface area (Å²) in [6.07, 6.45) is 4.55. The average Bonchev–Trinajstić information content (AvgIpc) is 3.02. The van der Waals surface area contributed by atoms with E-state index in [-0.39, 0.29) is 5.91 Å². The number of ether oxygens (including phenoxy) is 1. The molecule has 0 unspecified atom stereocenters. The predicted molar refractivity (Wildman–Crippen MR) is 94.9 cm³/mol. The van der Waals surface area contributed by atoms with Crippen molar-refractivity contribution in [2.24, 2.45) is 5.73 Å². The zero-order chi connectivity index (χ0) is 16.5. The molecule has 5 nitrogen and oxygen atoms in total. The molecule has 1 aromatic carbocycles. The highest BCUT2D eigenvalue weighted by molar-refractivity contribution is 7.14. The van der Waals surface area contributed by atoms with Crippen LogP contribution in [0, 0.1) is 0 Å². The van der Waals surface area contributed by atoms with Gasteiger partial charge in [0.15, 0.2) is 5.13 Å². The van der Waals surface area contributed by atoms with E-state index in [9.17, 15) is 4.79 Å². The van der Waals surface area contributed by atoms with Gasteiger partial charge in [0.2, 0.25) is 5.91 Å². The smallest absolute Gasteiger partial charge is 0.226 e. The lowest BCUT2D eigenvalue weighted by Crippen LogP contribution is -2.10. The number of hydrogen-bond donors (Lipinski definition) is 2. The van der Waals surface area contributed by atoms with Crippen LogP contribution < -0.4 is 15.8 Å². The van der Waals surface area contributed by atoms with Crippen LogP contribution in [0.4, 0.5) is 5.13 Å². The minimum absolute atomic E-state index is 0.0127. The van der Waals surface area contributed by atoms with E-state index in [1.54, 1.807) is 7.11 Å². The molecular weight excluding hydrogens is 310 g/mol. The lowest BCUT2D eigenvalue weighted by atomic mass is 10.1. The second-order valence-corrected chi connectivity index (χ2v) is 6.10. The molecule has 0 atom stereocenters. The summed E-state index contributed by atoms with van der Waals surface area (Å²) in [6.45, 7) is 0.719. The Bertz CT molecular complexity index is 628.